The van der Waals surface area contributed by atoms with E-state index in [0.717, 1.165) is 32.4 Å². The minimum absolute atomic E-state index is 0.232. The van der Waals surface area contributed by atoms with E-state index in [2.05, 4.69) is 22.4 Å². The van der Waals surface area contributed by atoms with Gasteiger partial charge >= 0.3 is 0 Å². The van der Waals surface area contributed by atoms with Crippen molar-refractivity contribution in [2.45, 2.75) is 44.3 Å². The molecule has 0 amide bonds. The number of sulfone groups is 1. The Hall–Kier alpha value is -0.950. The van der Waals surface area contributed by atoms with Crippen LogP contribution in [0.4, 0.5) is 0 Å². The molecule has 1 aromatic heterocycles. The van der Waals surface area contributed by atoms with Crippen LogP contribution in [0.5, 0.6) is 0 Å². The second-order valence-electron chi connectivity index (χ2n) is 4.84. The third-order valence-electron chi connectivity index (χ3n) is 3.33. The van der Waals surface area contributed by atoms with Gasteiger partial charge in [0.1, 0.15) is 5.25 Å². The fourth-order valence-corrected chi connectivity index (χ4v) is 4.09. The first-order valence-corrected chi connectivity index (χ1v) is 8.59. The molecular weight excluding hydrogens is 266 g/mol. The minimum atomic E-state index is -3.10. The van der Waals surface area contributed by atoms with Crippen molar-refractivity contribution in [1.82, 2.24) is 15.5 Å². The summed E-state index contributed by atoms with van der Waals surface area (Å²) >= 11 is 0. The number of hydrogen-bond donors (Lipinski definition) is 1. The smallest absolute Gasteiger partial charge is 0.234 e. The fourth-order valence-electron chi connectivity index (χ4n) is 2.27. The monoisotopic (exact) mass is 287 g/mol. The predicted molar refractivity (Wildman–Crippen MR) is 71.5 cm³/mol. The molecule has 0 bridgehead atoms. The number of aryl methyl sites for hydroxylation is 1. The SMILES string of the molecule is CCNCCCc1nnc(C2CCCCS2(=O)=O)o1. The summed E-state index contributed by atoms with van der Waals surface area (Å²) in [7, 11) is -3.10. The lowest BCUT2D eigenvalue weighted by molar-refractivity contribution is 0.419. The van der Waals surface area contributed by atoms with Crippen molar-refractivity contribution in [3.8, 4) is 0 Å². The largest absolute Gasteiger partial charge is 0.424 e. The Morgan fingerprint density at radius 2 is 2.21 bits per heavy atom. The molecule has 0 aliphatic carbocycles. The zero-order chi connectivity index (χ0) is 13.7. The molecule has 1 atom stereocenters. The van der Waals surface area contributed by atoms with Gasteiger partial charge in [0.05, 0.1) is 5.75 Å². The van der Waals surface area contributed by atoms with Gasteiger partial charge in [-0.3, -0.25) is 0 Å². The summed E-state index contributed by atoms with van der Waals surface area (Å²) in [5.41, 5.74) is 0. The van der Waals surface area contributed by atoms with E-state index in [1.807, 2.05) is 0 Å². The summed E-state index contributed by atoms with van der Waals surface area (Å²) in [5, 5.41) is 10.5. The summed E-state index contributed by atoms with van der Waals surface area (Å²) < 4.78 is 29.4. The zero-order valence-electron chi connectivity index (χ0n) is 11.3. The number of nitrogens with one attached hydrogen (secondary N) is 1. The Morgan fingerprint density at radius 1 is 1.37 bits per heavy atom. The molecule has 2 rings (SSSR count). The first kappa shape index (κ1) is 14.5. The highest BCUT2D eigenvalue weighted by Crippen LogP contribution is 2.32. The standard InChI is InChI=1S/C12H21N3O3S/c1-2-13-8-5-7-11-14-15-12(18-11)10-6-3-4-9-19(10,16)17/h10,13H,2-9H2,1H3. The molecule has 0 radical (unpaired) electrons. The Labute approximate surface area is 113 Å². The van der Waals surface area contributed by atoms with Crippen LogP contribution in [-0.2, 0) is 16.3 Å². The van der Waals surface area contributed by atoms with E-state index in [1.54, 1.807) is 0 Å². The predicted octanol–water partition coefficient (Wildman–Crippen LogP) is 1.25. The Morgan fingerprint density at radius 3 is 2.95 bits per heavy atom. The summed E-state index contributed by atoms with van der Waals surface area (Å²) in [6.07, 6.45) is 3.84. The average molecular weight is 287 g/mol. The topological polar surface area (TPSA) is 85.1 Å². The molecule has 1 aliphatic heterocycles. The van der Waals surface area contributed by atoms with Gasteiger partial charge in [-0.05, 0) is 32.4 Å². The Bertz CT molecular complexity index is 498. The van der Waals surface area contributed by atoms with Gasteiger partial charge in [0.15, 0.2) is 9.84 Å². The lowest BCUT2D eigenvalue weighted by atomic mass is 10.2. The molecule has 1 saturated heterocycles. The molecule has 108 valence electrons. The van der Waals surface area contributed by atoms with E-state index in [1.165, 1.54) is 0 Å². The van der Waals surface area contributed by atoms with Crippen LogP contribution >= 0.6 is 0 Å². The molecule has 0 saturated carbocycles. The molecule has 0 spiro atoms. The van der Waals surface area contributed by atoms with Crippen LogP contribution in [0.1, 0.15) is 49.6 Å². The van der Waals surface area contributed by atoms with Crippen molar-refractivity contribution in [3.05, 3.63) is 11.8 Å². The molecule has 6 nitrogen and oxygen atoms in total. The third-order valence-corrected chi connectivity index (χ3v) is 5.49. The molecule has 1 aromatic rings. The Balaban J connectivity index is 1.96. The number of aromatic nitrogens is 2. The van der Waals surface area contributed by atoms with Crippen molar-refractivity contribution in [2.75, 3.05) is 18.8 Å². The maximum Gasteiger partial charge on any atom is 0.234 e. The van der Waals surface area contributed by atoms with Gasteiger partial charge in [-0.1, -0.05) is 13.3 Å². The van der Waals surface area contributed by atoms with Gasteiger partial charge < -0.3 is 9.73 Å². The van der Waals surface area contributed by atoms with Crippen LogP contribution in [0.2, 0.25) is 0 Å². The minimum Gasteiger partial charge on any atom is -0.424 e. The third kappa shape index (κ3) is 3.76. The van der Waals surface area contributed by atoms with Gasteiger partial charge in [-0.25, -0.2) is 8.42 Å². The summed E-state index contributed by atoms with van der Waals surface area (Å²) in [5.74, 6) is 1.04. The van der Waals surface area contributed by atoms with Crippen molar-refractivity contribution in [1.29, 1.82) is 0 Å². The number of hydrogen-bond acceptors (Lipinski definition) is 6. The zero-order valence-corrected chi connectivity index (χ0v) is 12.1. The summed E-state index contributed by atoms with van der Waals surface area (Å²) in [4.78, 5) is 0. The van der Waals surface area contributed by atoms with Crippen LogP contribution in [-0.4, -0.2) is 37.5 Å². The van der Waals surface area contributed by atoms with E-state index in [9.17, 15) is 8.42 Å². The maximum absolute atomic E-state index is 12.0. The fraction of sp³-hybridized carbons (Fsp3) is 0.833. The van der Waals surface area contributed by atoms with Crippen molar-refractivity contribution in [3.63, 3.8) is 0 Å². The summed E-state index contributed by atoms with van der Waals surface area (Å²) in [6.45, 7) is 3.89. The van der Waals surface area contributed by atoms with Crippen LogP contribution in [0.25, 0.3) is 0 Å². The molecule has 1 fully saturated rings. The van der Waals surface area contributed by atoms with Gasteiger partial charge in [0, 0.05) is 6.42 Å². The highest BCUT2D eigenvalue weighted by atomic mass is 32.2. The maximum atomic E-state index is 12.0. The highest BCUT2D eigenvalue weighted by Gasteiger charge is 2.34. The second kappa shape index (κ2) is 6.47. The van der Waals surface area contributed by atoms with Crippen LogP contribution in [0.15, 0.2) is 4.42 Å². The van der Waals surface area contributed by atoms with E-state index in [4.69, 9.17) is 4.42 Å². The normalized spacial score (nSPS) is 22.5. The van der Waals surface area contributed by atoms with E-state index in [0.29, 0.717) is 18.7 Å². The van der Waals surface area contributed by atoms with Crippen LogP contribution in [0, 0.1) is 0 Å². The lowest BCUT2D eigenvalue weighted by Gasteiger charge is -2.18. The molecule has 1 unspecified atom stereocenters. The van der Waals surface area contributed by atoms with Crippen LogP contribution in [0.3, 0.4) is 0 Å². The molecule has 0 aromatic carbocycles. The first-order chi connectivity index (χ1) is 9.13. The lowest BCUT2D eigenvalue weighted by Crippen LogP contribution is -2.21. The quantitative estimate of drug-likeness (QED) is 0.793. The molecular formula is C12H21N3O3S. The van der Waals surface area contributed by atoms with Gasteiger partial charge in [-0.15, -0.1) is 10.2 Å². The van der Waals surface area contributed by atoms with Crippen LogP contribution < -0.4 is 5.32 Å². The molecule has 1 aliphatic rings. The molecule has 2 heterocycles. The van der Waals surface area contributed by atoms with E-state index >= 15 is 0 Å². The molecule has 19 heavy (non-hydrogen) atoms. The first-order valence-electron chi connectivity index (χ1n) is 6.88. The van der Waals surface area contributed by atoms with Crippen molar-refractivity contribution >= 4 is 9.84 Å². The van der Waals surface area contributed by atoms with Crippen molar-refractivity contribution < 1.29 is 12.8 Å². The summed E-state index contributed by atoms with van der Waals surface area (Å²) in [6, 6.07) is 0. The second-order valence-corrected chi connectivity index (χ2v) is 7.15. The Kier molecular flexibility index (Phi) is 4.93. The average Bonchev–Trinajstić information content (AvgIpc) is 2.82. The molecule has 7 heteroatoms. The molecule has 1 N–H and O–H groups in total. The van der Waals surface area contributed by atoms with E-state index < -0.39 is 15.1 Å². The number of rotatable bonds is 6. The van der Waals surface area contributed by atoms with Gasteiger partial charge in [0.2, 0.25) is 11.8 Å². The van der Waals surface area contributed by atoms with Crippen molar-refractivity contribution in [2.24, 2.45) is 0 Å². The van der Waals surface area contributed by atoms with E-state index in [-0.39, 0.29) is 11.6 Å². The van der Waals surface area contributed by atoms with Gasteiger partial charge in [-0.2, -0.15) is 0 Å². The highest BCUT2D eigenvalue weighted by molar-refractivity contribution is 7.91. The number of nitrogens with zero attached hydrogens (tertiary/aromatic N) is 2. The van der Waals surface area contributed by atoms with Gasteiger partial charge in [0.25, 0.3) is 0 Å².